The molecular formula is C13H16N4O3. The number of nitrogens with zero attached hydrogens (tertiary/aromatic N) is 3. The van der Waals surface area contributed by atoms with Crippen molar-refractivity contribution in [1.29, 1.82) is 0 Å². The lowest BCUT2D eigenvalue weighted by molar-refractivity contribution is -0.383. The molecule has 2 atom stereocenters. The number of nitro groups is 1. The predicted molar refractivity (Wildman–Crippen MR) is 74.6 cm³/mol. The van der Waals surface area contributed by atoms with Gasteiger partial charge in [0.25, 0.3) is 11.7 Å². The molecule has 0 bridgehead atoms. The number of fused-ring (bicyclic) bond motifs is 1. The Kier molecular flexibility index (Phi) is 3.06. The number of non-ortho nitro benzene ring substituents is 1. The number of para-hydroxylation sites is 1. The zero-order valence-electron chi connectivity index (χ0n) is 11.2. The third-order valence-electron chi connectivity index (χ3n) is 3.87. The summed E-state index contributed by atoms with van der Waals surface area (Å²) in [5.74, 6) is 0.463. The van der Waals surface area contributed by atoms with E-state index in [0.717, 1.165) is 13.0 Å². The minimum absolute atomic E-state index is 0.0350. The molecule has 0 spiro atoms. The molecule has 1 fully saturated rings. The van der Waals surface area contributed by atoms with Crippen LogP contribution in [-0.2, 0) is 0 Å². The van der Waals surface area contributed by atoms with E-state index in [-0.39, 0.29) is 11.7 Å². The summed E-state index contributed by atoms with van der Waals surface area (Å²) in [7, 11) is 0. The number of oxazole rings is 1. The molecule has 1 saturated heterocycles. The average molecular weight is 276 g/mol. The van der Waals surface area contributed by atoms with Crippen molar-refractivity contribution in [1.82, 2.24) is 4.98 Å². The van der Waals surface area contributed by atoms with Gasteiger partial charge in [0.2, 0.25) is 0 Å². The second-order valence-corrected chi connectivity index (χ2v) is 5.25. The highest BCUT2D eigenvalue weighted by molar-refractivity contribution is 5.84. The molecule has 1 aromatic heterocycles. The van der Waals surface area contributed by atoms with Crippen molar-refractivity contribution < 1.29 is 9.34 Å². The van der Waals surface area contributed by atoms with E-state index in [2.05, 4.69) is 11.9 Å². The molecule has 2 heterocycles. The first-order chi connectivity index (χ1) is 9.56. The van der Waals surface area contributed by atoms with Crippen LogP contribution < -0.4 is 10.6 Å². The van der Waals surface area contributed by atoms with Gasteiger partial charge in [-0.1, -0.05) is 13.0 Å². The summed E-state index contributed by atoms with van der Waals surface area (Å²) in [6.45, 7) is 3.58. The Balaban J connectivity index is 1.97. The summed E-state index contributed by atoms with van der Waals surface area (Å²) in [5, 5.41) is 11.0. The molecule has 2 N–H and O–H groups in total. The summed E-state index contributed by atoms with van der Waals surface area (Å²) in [6, 6.07) is 5.19. The fraction of sp³-hybridized carbons (Fsp3) is 0.462. The molecule has 0 saturated carbocycles. The van der Waals surface area contributed by atoms with E-state index in [4.69, 9.17) is 10.2 Å². The lowest BCUT2D eigenvalue weighted by atomic mass is 9.95. The van der Waals surface area contributed by atoms with E-state index < -0.39 is 4.92 Å². The van der Waals surface area contributed by atoms with Gasteiger partial charge in [-0.25, -0.2) is 0 Å². The Labute approximate surface area is 115 Å². The van der Waals surface area contributed by atoms with Crippen molar-refractivity contribution in [2.24, 2.45) is 11.7 Å². The van der Waals surface area contributed by atoms with Gasteiger partial charge in [0.1, 0.15) is 0 Å². The largest absolute Gasteiger partial charge is 0.423 e. The van der Waals surface area contributed by atoms with Crippen LogP contribution in [0.5, 0.6) is 0 Å². The molecule has 1 aliphatic rings. The van der Waals surface area contributed by atoms with Crippen LogP contribution in [0.2, 0.25) is 0 Å². The van der Waals surface area contributed by atoms with Gasteiger partial charge < -0.3 is 15.1 Å². The lowest BCUT2D eigenvalue weighted by Crippen LogP contribution is -2.47. The predicted octanol–water partition coefficient (Wildman–Crippen LogP) is 1.91. The number of nitro benzene ring substituents is 1. The van der Waals surface area contributed by atoms with Gasteiger partial charge in [0.15, 0.2) is 11.1 Å². The first kappa shape index (κ1) is 12.9. The fourth-order valence-corrected chi connectivity index (χ4v) is 2.48. The van der Waals surface area contributed by atoms with Crippen LogP contribution in [0.3, 0.4) is 0 Å². The average Bonchev–Trinajstić information content (AvgIpc) is 2.85. The number of nitrogens with two attached hydrogens (primary N) is 1. The maximum absolute atomic E-state index is 11.0. The topological polar surface area (TPSA) is 98.4 Å². The number of hydrogen-bond acceptors (Lipinski definition) is 6. The number of piperidine rings is 1. The van der Waals surface area contributed by atoms with Gasteiger partial charge in [-0.15, -0.1) is 0 Å². The van der Waals surface area contributed by atoms with Gasteiger partial charge in [0, 0.05) is 25.2 Å². The standard InChI is InChI=1S/C13H16N4O3/c1-8-5-6-16(7-9(8)14)13-15-12-10(17(18)19)3-2-4-11(12)20-13/h2-4,8-9H,5-7,14H2,1H3. The smallest absolute Gasteiger partial charge is 0.298 e. The first-order valence-electron chi connectivity index (χ1n) is 6.60. The molecule has 7 heteroatoms. The second kappa shape index (κ2) is 4.75. The molecule has 106 valence electrons. The van der Waals surface area contributed by atoms with Crippen molar-refractivity contribution in [3.05, 3.63) is 28.3 Å². The molecule has 1 aliphatic heterocycles. The van der Waals surface area contributed by atoms with Crippen LogP contribution in [0.25, 0.3) is 11.1 Å². The molecule has 2 unspecified atom stereocenters. The van der Waals surface area contributed by atoms with Gasteiger partial charge in [-0.05, 0) is 18.4 Å². The Morgan fingerprint density at radius 1 is 1.55 bits per heavy atom. The number of rotatable bonds is 2. The zero-order valence-corrected chi connectivity index (χ0v) is 11.2. The molecule has 2 aromatic rings. The second-order valence-electron chi connectivity index (χ2n) is 5.25. The van der Waals surface area contributed by atoms with Crippen molar-refractivity contribution in [2.45, 2.75) is 19.4 Å². The molecular weight excluding hydrogens is 260 g/mol. The molecule has 0 radical (unpaired) electrons. The number of aromatic nitrogens is 1. The minimum atomic E-state index is -0.446. The first-order valence-corrected chi connectivity index (χ1v) is 6.60. The fourth-order valence-electron chi connectivity index (χ4n) is 2.48. The van der Waals surface area contributed by atoms with Crippen molar-refractivity contribution >= 4 is 22.8 Å². The maximum Gasteiger partial charge on any atom is 0.298 e. The van der Waals surface area contributed by atoms with E-state index in [0.29, 0.717) is 29.6 Å². The van der Waals surface area contributed by atoms with Crippen LogP contribution in [0.15, 0.2) is 22.6 Å². The van der Waals surface area contributed by atoms with Crippen molar-refractivity contribution in [3.8, 4) is 0 Å². The Bertz CT molecular complexity index is 654. The van der Waals surface area contributed by atoms with Crippen LogP contribution in [-0.4, -0.2) is 29.0 Å². The third-order valence-corrected chi connectivity index (χ3v) is 3.87. The van der Waals surface area contributed by atoms with E-state index in [1.807, 2.05) is 4.90 Å². The molecule has 7 nitrogen and oxygen atoms in total. The normalized spacial score (nSPS) is 23.2. The molecule has 3 rings (SSSR count). The summed E-state index contributed by atoms with van der Waals surface area (Å²) in [4.78, 5) is 16.8. The lowest BCUT2D eigenvalue weighted by Gasteiger charge is -2.33. The van der Waals surface area contributed by atoms with Crippen molar-refractivity contribution in [3.63, 3.8) is 0 Å². The SMILES string of the molecule is CC1CCN(c2nc3c([N+](=O)[O-])cccc3o2)CC1N. The summed E-state index contributed by atoms with van der Waals surface area (Å²) >= 11 is 0. The zero-order chi connectivity index (χ0) is 14.3. The Hall–Kier alpha value is -2.15. The van der Waals surface area contributed by atoms with Gasteiger partial charge in [-0.3, -0.25) is 10.1 Å². The maximum atomic E-state index is 11.0. The van der Waals surface area contributed by atoms with E-state index in [1.54, 1.807) is 12.1 Å². The van der Waals surface area contributed by atoms with Gasteiger partial charge in [-0.2, -0.15) is 4.98 Å². The van der Waals surface area contributed by atoms with E-state index in [1.165, 1.54) is 6.07 Å². The number of anilines is 1. The molecule has 20 heavy (non-hydrogen) atoms. The molecule has 0 amide bonds. The monoisotopic (exact) mass is 276 g/mol. The minimum Gasteiger partial charge on any atom is -0.423 e. The van der Waals surface area contributed by atoms with Crippen LogP contribution >= 0.6 is 0 Å². The Morgan fingerprint density at radius 2 is 2.35 bits per heavy atom. The van der Waals surface area contributed by atoms with Gasteiger partial charge >= 0.3 is 0 Å². The third kappa shape index (κ3) is 2.09. The highest BCUT2D eigenvalue weighted by Crippen LogP contribution is 2.30. The summed E-state index contributed by atoms with van der Waals surface area (Å²) in [5.41, 5.74) is 6.75. The molecule has 0 aliphatic carbocycles. The van der Waals surface area contributed by atoms with Gasteiger partial charge in [0.05, 0.1) is 4.92 Å². The van der Waals surface area contributed by atoms with Crippen LogP contribution in [0.4, 0.5) is 11.7 Å². The highest BCUT2D eigenvalue weighted by atomic mass is 16.6. The summed E-state index contributed by atoms with van der Waals surface area (Å²) < 4.78 is 5.64. The van der Waals surface area contributed by atoms with E-state index in [9.17, 15) is 10.1 Å². The number of hydrogen-bond donors (Lipinski definition) is 1. The Morgan fingerprint density at radius 3 is 3.05 bits per heavy atom. The van der Waals surface area contributed by atoms with Crippen LogP contribution in [0.1, 0.15) is 13.3 Å². The number of benzene rings is 1. The quantitative estimate of drug-likeness (QED) is 0.664. The van der Waals surface area contributed by atoms with E-state index >= 15 is 0 Å². The van der Waals surface area contributed by atoms with Crippen LogP contribution in [0, 0.1) is 16.0 Å². The summed E-state index contributed by atoms with van der Waals surface area (Å²) in [6.07, 6.45) is 0.960. The van der Waals surface area contributed by atoms with Crippen molar-refractivity contribution in [2.75, 3.05) is 18.0 Å². The highest BCUT2D eigenvalue weighted by Gasteiger charge is 2.27. The molecule has 1 aromatic carbocycles.